The molecule has 13 heteroatoms. The summed E-state index contributed by atoms with van der Waals surface area (Å²) in [6, 6.07) is 11.1. The molecule has 160 valence electrons. The van der Waals surface area contributed by atoms with E-state index in [0.29, 0.717) is 11.1 Å². The van der Waals surface area contributed by atoms with E-state index in [0.717, 1.165) is 0 Å². The highest BCUT2D eigenvalue weighted by Crippen LogP contribution is 2.11. The number of rotatable bonds is 10. The van der Waals surface area contributed by atoms with Crippen LogP contribution in [0.1, 0.15) is 11.1 Å². The molecule has 0 saturated heterocycles. The van der Waals surface area contributed by atoms with Gasteiger partial charge in [0, 0.05) is 24.3 Å². The maximum Gasteiger partial charge on any atom is 0.269 e. The Morgan fingerprint density at radius 1 is 0.774 bits per heavy atom. The molecule has 0 unspecified atom stereocenters. The van der Waals surface area contributed by atoms with E-state index in [1.807, 2.05) is 0 Å². The van der Waals surface area contributed by atoms with Gasteiger partial charge in [0.2, 0.25) is 0 Å². The Balaban J connectivity index is 1.65. The van der Waals surface area contributed by atoms with Gasteiger partial charge >= 0.3 is 0 Å². The van der Waals surface area contributed by atoms with Gasteiger partial charge in [-0.1, -0.05) is 0 Å². The number of benzene rings is 2. The number of hydrazone groups is 2. The summed E-state index contributed by atoms with van der Waals surface area (Å²) in [4.78, 5) is 43.2. The van der Waals surface area contributed by atoms with E-state index >= 15 is 0 Å². The lowest BCUT2D eigenvalue weighted by atomic mass is 10.2. The van der Waals surface area contributed by atoms with Crippen LogP contribution in [0.5, 0.6) is 0 Å². The second kappa shape index (κ2) is 11.5. The maximum atomic E-state index is 11.6. The molecule has 0 heterocycles. The van der Waals surface area contributed by atoms with Crippen LogP contribution in [0.4, 0.5) is 11.4 Å². The molecule has 0 aliphatic carbocycles. The third-order valence-electron chi connectivity index (χ3n) is 3.48. The predicted molar refractivity (Wildman–Crippen MR) is 108 cm³/mol. The lowest BCUT2D eigenvalue weighted by Crippen LogP contribution is -2.28. The number of ether oxygens (including phenoxy) is 1. The first-order chi connectivity index (χ1) is 14.8. The number of hydrogen-bond donors (Lipinski definition) is 2. The highest BCUT2D eigenvalue weighted by Gasteiger charge is 2.05. The van der Waals surface area contributed by atoms with Crippen molar-refractivity contribution < 1.29 is 24.2 Å². The summed E-state index contributed by atoms with van der Waals surface area (Å²) in [6.07, 6.45) is 2.59. The third-order valence-corrected chi connectivity index (χ3v) is 3.48. The zero-order chi connectivity index (χ0) is 22.6. The van der Waals surface area contributed by atoms with Crippen molar-refractivity contribution in [2.24, 2.45) is 10.2 Å². The molecular formula is C18H16N6O7. The third kappa shape index (κ3) is 8.16. The van der Waals surface area contributed by atoms with Crippen LogP contribution in [0.3, 0.4) is 0 Å². The molecule has 0 saturated carbocycles. The van der Waals surface area contributed by atoms with Gasteiger partial charge in [0.25, 0.3) is 23.2 Å². The molecule has 2 rings (SSSR count). The summed E-state index contributed by atoms with van der Waals surface area (Å²) >= 11 is 0. The molecule has 2 amide bonds. The second-order valence-electron chi connectivity index (χ2n) is 5.78. The molecule has 2 aromatic rings. The highest BCUT2D eigenvalue weighted by molar-refractivity contribution is 5.84. The SMILES string of the molecule is O=C(COCC(=O)N/N=C/c1ccc([N+](=O)[O-])cc1)N/N=C\c1ccc([N+](=O)[O-])cc1. The van der Waals surface area contributed by atoms with Gasteiger partial charge in [-0.05, 0) is 35.4 Å². The molecule has 0 aliphatic heterocycles. The summed E-state index contributed by atoms with van der Waals surface area (Å²) in [5.74, 6) is -1.22. The number of carbonyl (C=O) groups excluding carboxylic acids is 2. The Bertz CT molecular complexity index is 922. The van der Waals surface area contributed by atoms with E-state index in [1.54, 1.807) is 0 Å². The molecule has 0 aliphatic rings. The van der Waals surface area contributed by atoms with Crippen LogP contribution in [0, 0.1) is 20.2 Å². The number of nitrogens with zero attached hydrogens (tertiary/aromatic N) is 4. The number of nitro benzene ring substituents is 2. The highest BCUT2D eigenvalue weighted by atomic mass is 16.6. The Morgan fingerprint density at radius 3 is 1.45 bits per heavy atom. The van der Waals surface area contributed by atoms with Crippen molar-refractivity contribution in [1.29, 1.82) is 0 Å². The van der Waals surface area contributed by atoms with Crippen LogP contribution < -0.4 is 10.9 Å². The Hall–Kier alpha value is -4.52. The number of non-ortho nitro benzene ring substituents is 2. The minimum absolute atomic E-state index is 0.0649. The number of carbonyl (C=O) groups is 2. The quantitative estimate of drug-likeness (QED) is 0.323. The zero-order valence-electron chi connectivity index (χ0n) is 15.8. The van der Waals surface area contributed by atoms with E-state index in [2.05, 4.69) is 21.1 Å². The van der Waals surface area contributed by atoms with Crippen LogP contribution in [0.25, 0.3) is 0 Å². The average Bonchev–Trinajstić information content (AvgIpc) is 2.74. The largest absolute Gasteiger partial charge is 0.362 e. The molecule has 0 atom stereocenters. The standard InChI is InChI=1S/C18H16N6O7/c25-17(21-19-9-13-1-5-15(6-2-13)23(27)28)11-31-12-18(26)22-20-10-14-3-7-16(8-4-14)24(29)30/h1-10H,11-12H2,(H,21,25)(H,22,26)/b19-9-,20-10+. The fourth-order valence-electron chi connectivity index (χ4n) is 2.02. The van der Waals surface area contributed by atoms with Crippen molar-refractivity contribution in [1.82, 2.24) is 10.9 Å². The summed E-state index contributed by atoms with van der Waals surface area (Å²) < 4.78 is 4.93. The van der Waals surface area contributed by atoms with Gasteiger partial charge < -0.3 is 4.74 Å². The van der Waals surface area contributed by atoms with Crippen molar-refractivity contribution >= 4 is 35.6 Å². The van der Waals surface area contributed by atoms with Gasteiger partial charge in [0.1, 0.15) is 13.2 Å². The molecule has 31 heavy (non-hydrogen) atoms. The monoisotopic (exact) mass is 428 g/mol. The van der Waals surface area contributed by atoms with E-state index in [9.17, 15) is 29.8 Å². The average molecular weight is 428 g/mol. The summed E-state index contributed by atoms with van der Waals surface area (Å²) in [5, 5.41) is 28.5. The Labute approximate surface area is 174 Å². The predicted octanol–water partition coefficient (Wildman–Crippen LogP) is 1.12. The first-order valence-electron chi connectivity index (χ1n) is 8.55. The van der Waals surface area contributed by atoms with Crippen LogP contribution >= 0.6 is 0 Å². The molecule has 0 bridgehead atoms. The number of amides is 2. The normalized spacial score (nSPS) is 10.8. The summed E-state index contributed by atoms with van der Waals surface area (Å²) in [7, 11) is 0. The molecule has 0 radical (unpaired) electrons. The first kappa shape index (κ1) is 22.8. The fourth-order valence-corrected chi connectivity index (χ4v) is 2.02. The summed E-state index contributed by atoms with van der Waals surface area (Å²) in [6.45, 7) is -0.867. The van der Waals surface area contributed by atoms with Gasteiger partial charge in [0.05, 0.1) is 22.3 Å². The Morgan fingerprint density at radius 2 is 1.13 bits per heavy atom. The van der Waals surface area contributed by atoms with Gasteiger partial charge in [-0.2, -0.15) is 10.2 Å². The second-order valence-corrected chi connectivity index (χ2v) is 5.78. The van der Waals surface area contributed by atoms with Gasteiger partial charge in [-0.25, -0.2) is 10.9 Å². The van der Waals surface area contributed by atoms with Gasteiger partial charge in [-0.15, -0.1) is 0 Å². The lowest BCUT2D eigenvalue weighted by Gasteiger charge is -2.02. The zero-order valence-corrected chi connectivity index (χ0v) is 15.8. The summed E-state index contributed by atoms with van der Waals surface area (Å²) in [5.41, 5.74) is 5.31. The van der Waals surface area contributed by atoms with Crippen molar-refractivity contribution in [2.45, 2.75) is 0 Å². The first-order valence-corrected chi connectivity index (χ1v) is 8.55. The minimum atomic E-state index is -0.611. The van der Waals surface area contributed by atoms with Crippen LogP contribution in [0.15, 0.2) is 58.7 Å². The number of nitro groups is 2. The van der Waals surface area contributed by atoms with Crippen LogP contribution in [0.2, 0.25) is 0 Å². The molecule has 13 nitrogen and oxygen atoms in total. The van der Waals surface area contributed by atoms with E-state index in [4.69, 9.17) is 4.74 Å². The molecule has 0 aromatic heterocycles. The van der Waals surface area contributed by atoms with Crippen molar-refractivity contribution in [3.8, 4) is 0 Å². The molecule has 2 aromatic carbocycles. The van der Waals surface area contributed by atoms with Crippen molar-refractivity contribution in [3.63, 3.8) is 0 Å². The van der Waals surface area contributed by atoms with Crippen molar-refractivity contribution in [3.05, 3.63) is 79.9 Å². The van der Waals surface area contributed by atoms with Crippen molar-refractivity contribution in [2.75, 3.05) is 13.2 Å². The number of nitrogens with one attached hydrogen (secondary N) is 2. The smallest absolute Gasteiger partial charge is 0.269 e. The van der Waals surface area contributed by atoms with E-state index < -0.39 is 34.9 Å². The molecule has 2 N–H and O–H groups in total. The van der Waals surface area contributed by atoms with Crippen LogP contribution in [-0.2, 0) is 14.3 Å². The van der Waals surface area contributed by atoms with Gasteiger partial charge in [0.15, 0.2) is 0 Å². The topological polar surface area (TPSA) is 178 Å². The molecule has 0 spiro atoms. The molecular weight excluding hydrogens is 412 g/mol. The lowest BCUT2D eigenvalue weighted by molar-refractivity contribution is -0.385. The fraction of sp³-hybridized carbons (Fsp3) is 0.111. The Kier molecular flexibility index (Phi) is 8.43. The minimum Gasteiger partial charge on any atom is -0.362 e. The maximum absolute atomic E-state index is 11.6. The van der Waals surface area contributed by atoms with Gasteiger partial charge in [-0.3, -0.25) is 29.8 Å². The van der Waals surface area contributed by atoms with E-state index in [-0.39, 0.29) is 11.4 Å². The number of hydrogen-bond acceptors (Lipinski definition) is 9. The van der Waals surface area contributed by atoms with Crippen LogP contribution in [-0.4, -0.2) is 47.3 Å². The van der Waals surface area contributed by atoms with E-state index in [1.165, 1.54) is 61.0 Å². The molecule has 0 fully saturated rings.